The van der Waals surface area contributed by atoms with Gasteiger partial charge >= 0.3 is 0 Å². The third-order valence-corrected chi connectivity index (χ3v) is 3.46. The molecule has 2 aromatic rings. The molecule has 0 aliphatic rings. The van der Waals surface area contributed by atoms with Crippen molar-refractivity contribution in [3.05, 3.63) is 59.7 Å². The normalized spacial score (nSPS) is 12.0. The Morgan fingerprint density at radius 2 is 1.38 bits per heavy atom. The van der Waals surface area contributed by atoms with E-state index in [0.29, 0.717) is 18.8 Å². The van der Waals surface area contributed by atoms with Gasteiger partial charge in [-0.25, -0.2) is 4.39 Å². The van der Waals surface area contributed by atoms with E-state index >= 15 is 0 Å². The lowest BCUT2D eigenvalue weighted by Crippen LogP contribution is -2.16. The molecule has 1 atom stereocenters. The topological polar surface area (TPSA) is 58.9 Å². The predicted molar refractivity (Wildman–Crippen MR) is 90.4 cm³/mol. The first-order chi connectivity index (χ1) is 11.7. The third kappa shape index (κ3) is 6.18. The van der Waals surface area contributed by atoms with Gasteiger partial charge in [-0.1, -0.05) is 24.3 Å². The summed E-state index contributed by atoms with van der Waals surface area (Å²) in [6, 6.07) is 15.3. The Hall–Kier alpha value is -2.11. The van der Waals surface area contributed by atoms with Crippen molar-refractivity contribution in [1.29, 1.82) is 0 Å². The highest BCUT2D eigenvalue weighted by atomic mass is 19.1. The van der Waals surface area contributed by atoms with Gasteiger partial charge in [0.25, 0.3) is 0 Å². The van der Waals surface area contributed by atoms with E-state index in [-0.39, 0.29) is 13.2 Å². The molecule has 0 spiro atoms. The number of ether oxygens (including phenoxy) is 2. The van der Waals surface area contributed by atoms with Gasteiger partial charge < -0.3 is 19.7 Å². The lowest BCUT2D eigenvalue weighted by Gasteiger charge is -2.09. The monoisotopic (exact) mass is 334 g/mol. The first-order valence-corrected chi connectivity index (χ1v) is 8.00. The van der Waals surface area contributed by atoms with E-state index < -0.39 is 12.8 Å². The van der Waals surface area contributed by atoms with Crippen molar-refractivity contribution in [1.82, 2.24) is 0 Å². The molecule has 2 aromatic carbocycles. The molecule has 4 nitrogen and oxygen atoms in total. The van der Waals surface area contributed by atoms with Gasteiger partial charge in [-0.05, 0) is 41.8 Å². The van der Waals surface area contributed by atoms with Gasteiger partial charge in [0.2, 0.25) is 0 Å². The van der Waals surface area contributed by atoms with Crippen LogP contribution in [0.4, 0.5) is 4.39 Å². The van der Waals surface area contributed by atoms with Crippen molar-refractivity contribution in [2.24, 2.45) is 0 Å². The highest BCUT2D eigenvalue weighted by Crippen LogP contribution is 2.18. The smallest absolute Gasteiger partial charge is 0.157 e. The fraction of sp³-hybridized carbons (Fsp3) is 0.368. The molecular formula is C19H23FO4. The Morgan fingerprint density at radius 1 is 0.833 bits per heavy atom. The number of benzene rings is 2. The van der Waals surface area contributed by atoms with Crippen molar-refractivity contribution in [3.8, 4) is 11.5 Å². The molecule has 24 heavy (non-hydrogen) atoms. The number of alkyl halides is 1. The molecule has 0 fully saturated rings. The average molecular weight is 334 g/mol. The molecule has 130 valence electrons. The molecule has 5 heteroatoms. The van der Waals surface area contributed by atoms with Gasteiger partial charge in [-0.15, -0.1) is 0 Å². The number of hydrogen-bond acceptors (Lipinski definition) is 4. The Kier molecular flexibility index (Phi) is 7.52. The fourth-order valence-electron chi connectivity index (χ4n) is 2.14. The highest BCUT2D eigenvalue weighted by Gasteiger charge is 2.05. The van der Waals surface area contributed by atoms with Crippen molar-refractivity contribution in [2.45, 2.75) is 19.0 Å². The van der Waals surface area contributed by atoms with Gasteiger partial charge in [0.1, 0.15) is 18.1 Å². The Labute approximate surface area is 141 Å². The number of rotatable bonds is 10. The van der Waals surface area contributed by atoms with Crippen molar-refractivity contribution < 1.29 is 24.1 Å². The summed E-state index contributed by atoms with van der Waals surface area (Å²) in [6.07, 6.45) is 0.0415. The standard InChI is InChI=1S/C19H23FO4/c20-17(13-22)14-24-19-8-4-16(5-9-19)12-15-2-6-18(7-3-15)23-11-1-10-21/h2-9,17,21-22H,1,10-14H2. The molecule has 0 saturated heterocycles. The van der Waals surface area contributed by atoms with E-state index in [9.17, 15) is 4.39 Å². The van der Waals surface area contributed by atoms with Crippen LogP contribution in [0.3, 0.4) is 0 Å². The van der Waals surface area contributed by atoms with Crippen molar-refractivity contribution >= 4 is 0 Å². The number of halogens is 1. The summed E-state index contributed by atoms with van der Waals surface area (Å²) in [6.45, 7) is -0.0392. The quantitative estimate of drug-likeness (QED) is 0.656. The fourth-order valence-corrected chi connectivity index (χ4v) is 2.14. The van der Waals surface area contributed by atoms with Crippen LogP contribution in [-0.4, -0.2) is 42.8 Å². The van der Waals surface area contributed by atoms with E-state index in [1.54, 1.807) is 12.1 Å². The van der Waals surface area contributed by atoms with E-state index in [4.69, 9.17) is 19.7 Å². The molecule has 0 aromatic heterocycles. The zero-order chi connectivity index (χ0) is 17.2. The van der Waals surface area contributed by atoms with E-state index in [1.165, 1.54) is 0 Å². The second-order valence-electron chi connectivity index (χ2n) is 5.48. The molecular weight excluding hydrogens is 311 g/mol. The van der Waals surface area contributed by atoms with E-state index in [1.807, 2.05) is 36.4 Å². The molecule has 0 aliphatic carbocycles. The summed E-state index contributed by atoms with van der Waals surface area (Å²) < 4.78 is 23.7. The molecule has 1 unspecified atom stereocenters. The minimum atomic E-state index is -1.36. The maximum absolute atomic E-state index is 12.9. The van der Waals surface area contributed by atoms with E-state index in [2.05, 4.69) is 0 Å². The maximum atomic E-state index is 12.9. The minimum Gasteiger partial charge on any atom is -0.494 e. The third-order valence-electron chi connectivity index (χ3n) is 3.46. The second-order valence-corrected chi connectivity index (χ2v) is 5.48. The Morgan fingerprint density at radius 3 is 1.88 bits per heavy atom. The van der Waals surface area contributed by atoms with Gasteiger partial charge in [0.05, 0.1) is 13.2 Å². The molecule has 2 N–H and O–H groups in total. The first kappa shape index (κ1) is 18.2. The molecule has 0 radical (unpaired) electrons. The van der Waals surface area contributed by atoms with Crippen molar-refractivity contribution in [2.75, 3.05) is 26.4 Å². The van der Waals surface area contributed by atoms with Crippen molar-refractivity contribution in [3.63, 3.8) is 0 Å². The van der Waals surface area contributed by atoms with Crippen LogP contribution in [0.2, 0.25) is 0 Å². The molecule has 0 amide bonds. The highest BCUT2D eigenvalue weighted by molar-refractivity contribution is 5.34. The maximum Gasteiger partial charge on any atom is 0.157 e. The van der Waals surface area contributed by atoms with Gasteiger partial charge in [-0.2, -0.15) is 0 Å². The molecule has 0 heterocycles. The van der Waals surface area contributed by atoms with Gasteiger partial charge in [0, 0.05) is 13.0 Å². The van der Waals surface area contributed by atoms with Crippen LogP contribution in [0.15, 0.2) is 48.5 Å². The van der Waals surface area contributed by atoms with Crippen LogP contribution in [0.25, 0.3) is 0 Å². The molecule has 0 aliphatic heterocycles. The second kappa shape index (κ2) is 9.90. The largest absolute Gasteiger partial charge is 0.494 e. The predicted octanol–water partition coefficient (Wildman–Crippen LogP) is 2.75. The average Bonchev–Trinajstić information content (AvgIpc) is 2.62. The van der Waals surface area contributed by atoms with Gasteiger partial charge in [-0.3, -0.25) is 0 Å². The van der Waals surface area contributed by atoms with Gasteiger partial charge in [0.15, 0.2) is 6.17 Å². The van der Waals surface area contributed by atoms with Crippen LogP contribution in [-0.2, 0) is 6.42 Å². The number of aliphatic hydroxyl groups excluding tert-OH is 2. The molecule has 0 bridgehead atoms. The van der Waals surface area contributed by atoms with Crippen LogP contribution in [0, 0.1) is 0 Å². The molecule has 0 saturated carbocycles. The zero-order valence-corrected chi connectivity index (χ0v) is 13.5. The molecule has 2 rings (SSSR count). The van der Waals surface area contributed by atoms with Crippen LogP contribution < -0.4 is 9.47 Å². The first-order valence-electron chi connectivity index (χ1n) is 8.00. The Bertz CT molecular complexity index is 583. The summed E-state index contributed by atoms with van der Waals surface area (Å²) in [7, 11) is 0. The summed E-state index contributed by atoms with van der Waals surface area (Å²) in [5.74, 6) is 1.38. The summed E-state index contributed by atoms with van der Waals surface area (Å²) in [5, 5.41) is 17.4. The number of aliphatic hydroxyl groups is 2. The van der Waals surface area contributed by atoms with Crippen LogP contribution in [0.1, 0.15) is 17.5 Å². The summed E-state index contributed by atoms with van der Waals surface area (Å²) in [5.41, 5.74) is 2.28. The minimum absolute atomic E-state index is 0.129. The number of hydrogen-bond donors (Lipinski definition) is 2. The van der Waals surface area contributed by atoms with Crippen LogP contribution in [0.5, 0.6) is 11.5 Å². The zero-order valence-electron chi connectivity index (χ0n) is 13.5. The Balaban J connectivity index is 1.84. The van der Waals surface area contributed by atoms with E-state index in [0.717, 1.165) is 23.3 Å². The lowest BCUT2D eigenvalue weighted by atomic mass is 10.0. The van der Waals surface area contributed by atoms with Crippen LogP contribution >= 0.6 is 0 Å². The summed E-state index contributed by atoms with van der Waals surface area (Å²) in [4.78, 5) is 0. The SMILES string of the molecule is OCCCOc1ccc(Cc2ccc(OCC(F)CO)cc2)cc1. The lowest BCUT2D eigenvalue weighted by molar-refractivity contribution is 0.123. The summed E-state index contributed by atoms with van der Waals surface area (Å²) >= 11 is 0.